The lowest BCUT2D eigenvalue weighted by Crippen LogP contribution is -2.31. The van der Waals surface area contributed by atoms with Gasteiger partial charge in [-0.25, -0.2) is 13.1 Å². The minimum Gasteiger partial charge on any atom is -0.484 e. The van der Waals surface area contributed by atoms with E-state index < -0.39 is 10.0 Å². The molecule has 1 atom stereocenters. The molecule has 2 aromatic carbocycles. The average molecular weight is 483 g/mol. The summed E-state index contributed by atoms with van der Waals surface area (Å²) in [5.41, 5.74) is 2.79. The minimum absolute atomic E-state index is 0.144. The van der Waals surface area contributed by atoms with Crippen molar-refractivity contribution in [1.82, 2.24) is 4.72 Å². The van der Waals surface area contributed by atoms with Crippen molar-refractivity contribution in [2.45, 2.75) is 51.5 Å². The molecule has 0 aliphatic carbocycles. The highest BCUT2D eigenvalue weighted by Crippen LogP contribution is 2.26. The number of aryl methyl sites for hydroxylation is 2. The zero-order valence-corrected chi connectivity index (χ0v) is 19.5. The number of ether oxygens (including phenoxy) is 1. The van der Waals surface area contributed by atoms with Crippen LogP contribution in [-0.4, -0.2) is 27.0 Å². The van der Waals surface area contributed by atoms with Gasteiger partial charge in [-0.3, -0.25) is 4.79 Å². The molecule has 1 amide bonds. The number of amides is 1. The summed E-state index contributed by atoms with van der Waals surface area (Å²) >= 11 is 3.47. The number of carbonyl (C=O) groups is 1. The van der Waals surface area contributed by atoms with E-state index in [4.69, 9.17) is 4.74 Å². The molecule has 0 aromatic heterocycles. The third kappa shape index (κ3) is 6.55. The van der Waals surface area contributed by atoms with E-state index in [-0.39, 0.29) is 23.5 Å². The molecule has 29 heavy (non-hydrogen) atoms. The Labute approximate surface area is 181 Å². The molecule has 0 fully saturated rings. The van der Waals surface area contributed by atoms with Crippen LogP contribution in [0.5, 0.6) is 5.75 Å². The molecule has 0 radical (unpaired) electrons. The van der Waals surface area contributed by atoms with Crippen LogP contribution in [0.4, 0.5) is 5.69 Å². The standard InChI is InChI=1S/C21H27BrN2O4S/c1-5-15(4)24-29(26,27)19-9-7-18(8-10-19)28-13-20(25)23-21-14(3)11-17(22)12-16(21)6-2/h7-12,15,24H,5-6,13H2,1-4H3,(H,23,25)/t15-/m1/s1. The third-order valence-corrected chi connectivity index (χ3v) is 6.56. The van der Waals surface area contributed by atoms with Crippen LogP contribution < -0.4 is 14.8 Å². The maximum absolute atomic E-state index is 12.3. The lowest BCUT2D eigenvalue weighted by atomic mass is 10.1. The van der Waals surface area contributed by atoms with Gasteiger partial charge in [-0.05, 0) is 74.2 Å². The maximum atomic E-state index is 12.3. The van der Waals surface area contributed by atoms with E-state index in [0.717, 1.165) is 27.7 Å². The third-order valence-electron chi connectivity index (χ3n) is 4.50. The molecule has 2 aromatic rings. The zero-order valence-electron chi connectivity index (χ0n) is 17.1. The first-order valence-corrected chi connectivity index (χ1v) is 11.8. The molecular formula is C21H27BrN2O4S. The van der Waals surface area contributed by atoms with E-state index in [1.807, 2.05) is 39.8 Å². The second-order valence-electron chi connectivity index (χ2n) is 6.85. The Morgan fingerprint density at radius 3 is 2.41 bits per heavy atom. The first kappa shape index (κ1) is 23.4. The van der Waals surface area contributed by atoms with E-state index in [0.29, 0.717) is 12.2 Å². The summed E-state index contributed by atoms with van der Waals surface area (Å²) in [6.45, 7) is 7.51. The molecule has 0 aliphatic rings. The molecule has 0 aliphatic heterocycles. The van der Waals surface area contributed by atoms with Gasteiger partial charge in [0.05, 0.1) is 4.90 Å². The van der Waals surface area contributed by atoms with Gasteiger partial charge in [0.15, 0.2) is 6.61 Å². The summed E-state index contributed by atoms with van der Waals surface area (Å²) in [4.78, 5) is 12.5. The van der Waals surface area contributed by atoms with E-state index in [1.54, 1.807) is 12.1 Å². The van der Waals surface area contributed by atoms with Crippen LogP contribution in [-0.2, 0) is 21.2 Å². The fourth-order valence-corrected chi connectivity index (χ4v) is 4.67. The lowest BCUT2D eigenvalue weighted by Gasteiger charge is -2.15. The van der Waals surface area contributed by atoms with E-state index >= 15 is 0 Å². The number of hydrogen-bond donors (Lipinski definition) is 2. The van der Waals surface area contributed by atoms with E-state index in [2.05, 4.69) is 26.0 Å². The van der Waals surface area contributed by atoms with Crippen molar-refractivity contribution in [3.63, 3.8) is 0 Å². The summed E-state index contributed by atoms with van der Waals surface area (Å²) < 4.78 is 33.6. The van der Waals surface area contributed by atoms with Crippen molar-refractivity contribution in [1.29, 1.82) is 0 Å². The average Bonchev–Trinajstić information content (AvgIpc) is 2.68. The summed E-state index contributed by atoms with van der Waals surface area (Å²) in [5, 5.41) is 2.90. The number of sulfonamides is 1. The van der Waals surface area contributed by atoms with Gasteiger partial charge in [-0.15, -0.1) is 0 Å². The fraction of sp³-hybridized carbons (Fsp3) is 0.381. The molecular weight excluding hydrogens is 456 g/mol. The van der Waals surface area contributed by atoms with Gasteiger partial charge < -0.3 is 10.1 Å². The highest BCUT2D eigenvalue weighted by atomic mass is 79.9. The van der Waals surface area contributed by atoms with Gasteiger partial charge >= 0.3 is 0 Å². The van der Waals surface area contributed by atoms with E-state index in [1.165, 1.54) is 12.1 Å². The van der Waals surface area contributed by atoms with Gasteiger partial charge in [0.25, 0.3) is 5.91 Å². The maximum Gasteiger partial charge on any atom is 0.262 e. The molecule has 8 heteroatoms. The van der Waals surface area contributed by atoms with Gasteiger partial charge in [0.1, 0.15) is 5.75 Å². The topological polar surface area (TPSA) is 84.5 Å². The molecule has 0 unspecified atom stereocenters. The summed E-state index contributed by atoms with van der Waals surface area (Å²) in [6, 6.07) is 9.80. The van der Waals surface area contributed by atoms with Gasteiger partial charge in [-0.2, -0.15) is 0 Å². The summed E-state index contributed by atoms with van der Waals surface area (Å²) in [6.07, 6.45) is 1.49. The second kappa shape index (κ2) is 10.2. The molecule has 0 saturated heterocycles. The Hall–Kier alpha value is -1.90. The molecule has 158 valence electrons. The fourth-order valence-electron chi connectivity index (χ4n) is 2.73. The van der Waals surface area contributed by atoms with Crippen LogP contribution in [0.1, 0.15) is 38.3 Å². The minimum atomic E-state index is -3.57. The normalized spacial score (nSPS) is 12.4. The number of rotatable bonds is 9. The highest BCUT2D eigenvalue weighted by molar-refractivity contribution is 9.10. The first-order valence-electron chi connectivity index (χ1n) is 9.50. The van der Waals surface area contributed by atoms with Crippen LogP contribution in [0.15, 0.2) is 45.8 Å². The SMILES string of the molecule is CCc1cc(Br)cc(C)c1NC(=O)COc1ccc(S(=O)(=O)N[C@H](C)CC)cc1. The van der Waals surface area contributed by atoms with Crippen LogP contribution in [0, 0.1) is 6.92 Å². The van der Waals surface area contributed by atoms with Gasteiger partial charge in [-0.1, -0.05) is 29.8 Å². The number of halogens is 1. The molecule has 0 heterocycles. The van der Waals surface area contributed by atoms with Crippen molar-refractivity contribution >= 4 is 37.5 Å². The smallest absolute Gasteiger partial charge is 0.262 e. The van der Waals surface area contributed by atoms with Crippen molar-refractivity contribution in [2.24, 2.45) is 0 Å². The number of benzene rings is 2. The molecule has 0 saturated carbocycles. The number of nitrogens with one attached hydrogen (secondary N) is 2. The number of hydrogen-bond acceptors (Lipinski definition) is 4. The Morgan fingerprint density at radius 2 is 1.83 bits per heavy atom. The predicted octanol–water partition coefficient (Wildman–Crippen LogP) is 4.41. The predicted molar refractivity (Wildman–Crippen MR) is 119 cm³/mol. The summed E-state index contributed by atoms with van der Waals surface area (Å²) in [7, 11) is -3.57. The van der Waals surface area contributed by atoms with Crippen LogP contribution >= 0.6 is 15.9 Å². The highest BCUT2D eigenvalue weighted by Gasteiger charge is 2.16. The lowest BCUT2D eigenvalue weighted by molar-refractivity contribution is -0.118. The molecule has 2 N–H and O–H groups in total. The van der Waals surface area contributed by atoms with Crippen LogP contribution in [0.2, 0.25) is 0 Å². The molecule has 2 rings (SSSR count). The number of anilines is 1. The Balaban J connectivity index is 2.00. The van der Waals surface area contributed by atoms with Crippen molar-refractivity contribution in [3.8, 4) is 5.75 Å². The van der Waals surface area contributed by atoms with E-state index in [9.17, 15) is 13.2 Å². The van der Waals surface area contributed by atoms with Crippen molar-refractivity contribution < 1.29 is 17.9 Å². The first-order chi connectivity index (χ1) is 13.7. The quantitative estimate of drug-likeness (QED) is 0.553. The number of carbonyl (C=O) groups excluding carboxylic acids is 1. The van der Waals surface area contributed by atoms with Crippen LogP contribution in [0.3, 0.4) is 0 Å². The zero-order chi connectivity index (χ0) is 21.6. The summed E-state index contributed by atoms with van der Waals surface area (Å²) in [5.74, 6) is 0.145. The molecule has 0 spiro atoms. The van der Waals surface area contributed by atoms with Gasteiger partial charge in [0.2, 0.25) is 10.0 Å². The Morgan fingerprint density at radius 1 is 1.17 bits per heavy atom. The second-order valence-corrected chi connectivity index (χ2v) is 9.48. The molecule has 6 nitrogen and oxygen atoms in total. The largest absolute Gasteiger partial charge is 0.484 e. The Bertz CT molecular complexity index is 959. The Kier molecular flexibility index (Phi) is 8.24. The van der Waals surface area contributed by atoms with Crippen molar-refractivity contribution in [3.05, 3.63) is 52.0 Å². The monoisotopic (exact) mass is 482 g/mol. The van der Waals surface area contributed by atoms with Crippen molar-refractivity contribution in [2.75, 3.05) is 11.9 Å². The van der Waals surface area contributed by atoms with Gasteiger partial charge in [0, 0.05) is 16.2 Å². The molecule has 0 bridgehead atoms. The van der Waals surface area contributed by atoms with Crippen LogP contribution in [0.25, 0.3) is 0 Å².